The Hall–Kier alpha value is -0.850. The molecule has 0 spiro atoms. The summed E-state index contributed by atoms with van der Waals surface area (Å²) >= 11 is 0. The van der Waals surface area contributed by atoms with Gasteiger partial charge in [-0.1, -0.05) is 6.92 Å². The fourth-order valence-corrected chi connectivity index (χ4v) is 3.05. The Balaban J connectivity index is 3.09. The van der Waals surface area contributed by atoms with Crippen molar-refractivity contribution in [2.24, 2.45) is 0 Å². The third-order valence-electron chi connectivity index (χ3n) is 2.66. The van der Waals surface area contributed by atoms with Gasteiger partial charge in [0, 0.05) is 11.6 Å². The van der Waals surface area contributed by atoms with Crippen molar-refractivity contribution in [3.8, 4) is 0 Å². The molecule has 1 rings (SSSR count). The van der Waals surface area contributed by atoms with Gasteiger partial charge < -0.3 is 9.52 Å². The molecule has 0 fully saturated rings. The second kappa shape index (κ2) is 4.80. The van der Waals surface area contributed by atoms with Crippen molar-refractivity contribution in [3.05, 3.63) is 17.6 Å². The minimum atomic E-state index is -3.60. The van der Waals surface area contributed by atoms with Crippen molar-refractivity contribution < 1.29 is 17.9 Å². The van der Waals surface area contributed by atoms with Gasteiger partial charge in [0.15, 0.2) is 0 Å². The number of sulfonamides is 1. The molecule has 0 atom stereocenters. The smallest absolute Gasteiger partial charge is 0.244 e. The molecule has 0 aliphatic rings. The zero-order valence-corrected chi connectivity index (χ0v) is 11.4. The van der Waals surface area contributed by atoms with Crippen molar-refractivity contribution in [1.82, 2.24) is 4.72 Å². The summed E-state index contributed by atoms with van der Waals surface area (Å²) in [6.45, 7) is 6.78. The van der Waals surface area contributed by atoms with E-state index in [0.29, 0.717) is 6.42 Å². The second-order valence-corrected chi connectivity index (χ2v) is 6.29. The molecule has 5 nitrogen and oxygen atoms in total. The minimum Gasteiger partial charge on any atom is -0.462 e. The van der Waals surface area contributed by atoms with E-state index in [1.807, 2.05) is 20.8 Å². The van der Waals surface area contributed by atoms with Gasteiger partial charge in [0.2, 0.25) is 10.0 Å². The van der Waals surface area contributed by atoms with E-state index < -0.39 is 15.6 Å². The highest BCUT2D eigenvalue weighted by Gasteiger charge is 2.27. The van der Waals surface area contributed by atoms with Gasteiger partial charge in [0.25, 0.3) is 0 Å². The highest BCUT2D eigenvalue weighted by atomic mass is 32.2. The minimum absolute atomic E-state index is 0.0862. The first-order chi connectivity index (χ1) is 7.72. The van der Waals surface area contributed by atoms with Gasteiger partial charge in [-0.3, -0.25) is 0 Å². The van der Waals surface area contributed by atoms with Gasteiger partial charge in [-0.15, -0.1) is 0 Å². The highest BCUT2D eigenvalue weighted by molar-refractivity contribution is 7.89. The van der Waals surface area contributed by atoms with Crippen LogP contribution in [-0.2, 0) is 16.6 Å². The number of nitrogens with one attached hydrogen (secondary N) is 1. The molecule has 0 radical (unpaired) electrons. The Kier molecular flexibility index (Phi) is 4.01. The normalized spacial score (nSPS) is 13.0. The number of aryl methyl sites for hydroxylation is 1. The molecular formula is C11H19NO4S. The van der Waals surface area contributed by atoms with Gasteiger partial charge in [0.1, 0.15) is 23.0 Å². The maximum atomic E-state index is 12.1. The summed E-state index contributed by atoms with van der Waals surface area (Å²) in [5.74, 6) is 0.533. The molecular weight excluding hydrogens is 242 g/mol. The predicted molar refractivity (Wildman–Crippen MR) is 64.1 cm³/mol. The summed E-state index contributed by atoms with van der Waals surface area (Å²) in [5, 5.41) is 8.91. The number of aliphatic hydroxyl groups is 1. The van der Waals surface area contributed by atoms with Crippen molar-refractivity contribution in [1.29, 1.82) is 0 Å². The Morgan fingerprint density at radius 3 is 2.47 bits per heavy atom. The zero-order valence-electron chi connectivity index (χ0n) is 10.6. The van der Waals surface area contributed by atoms with E-state index in [0.717, 1.165) is 0 Å². The number of hydrogen-bond acceptors (Lipinski definition) is 4. The quantitative estimate of drug-likeness (QED) is 0.842. The van der Waals surface area contributed by atoms with Crippen molar-refractivity contribution in [2.75, 3.05) is 0 Å². The molecule has 0 aliphatic heterocycles. The van der Waals surface area contributed by atoms with Gasteiger partial charge in [-0.2, -0.15) is 0 Å². The first-order valence-electron chi connectivity index (χ1n) is 5.46. The fraction of sp³-hybridized carbons (Fsp3) is 0.636. The number of hydrogen-bond donors (Lipinski definition) is 2. The third-order valence-corrected chi connectivity index (χ3v) is 4.47. The Labute approximate surface area is 102 Å². The molecule has 0 aliphatic carbocycles. The molecule has 1 aromatic rings. The van der Waals surface area contributed by atoms with E-state index >= 15 is 0 Å². The summed E-state index contributed by atoms with van der Waals surface area (Å²) in [6.07, 6.45) is 0.677. The van der Waals surface area contributed by atoms with Crippen LogP contribution in [0.15, 0.2) is 15.4 Å². The maximum Gasteiger partial charge on any atom is 0.244 e. The van der Waals surface area contributed by atoms with Crippen LogP contribution in [0.3, 0.4) is 0 Å². The zero-order chi connectivity index (χ0) is 13.3. The van der Waals surface area contributed by atoms with Crippen molar-refractivity contribution in [2.45, 2.75) is 51.2 Å². The molecule has 2 N–H and O–H groups in total. The van der Waals surface area contributed by atoms with Crippen LogP contribution in [0, 0.1) is 6.92 Å². The van der Waals surface area contributed by atoms with E-state index in [1.165, 1.54) is 6.07 Å². The summed E-state index contributed by atoms with van der Waals surface area (Å²) in [4.78, 5) is 0.0862. The molecule has 17 heavy (non-hydrogen) atoms. The van der Waals surface area contributed by atoms with Crippen LogP contribution in [-0.4, -0.2) is 19.1 Å². The van der Waals surface area contributed by atoms with Crippen LogP contribution in [0.2, 0.25) is 0 Å². The summed E-state index contributed by atoms with van der Waals surface area (Å²) in [5.41, 5.74) is -0.512. The van der Waals surface area contributed by atoms with Gasteiger partial charge in [-0.05, 0) is 27.2 Å². The number of furan rings is 1. The lowest BCUT2D eigenvalue weighted by atomic mass is 10.0. The fourth-order valence-electron chi connectivity index (χ4n) is 1.36. The monoisotopic (exact) mass is 261 g/mol. The van der Waals surface area contributed by atoms with Crippen molar-refractivity contribution >= 4 is 10.0 Å². The number of aliphatic hydroxyl groups excluding tert-OH is 1. The molecule has 0 amide bonds. The molecule has 0 saturated heterocycles. The molecule has 1 aromatic heterocycles. The molecule has 0 aromatic carbocycles. The van der Waals surface area contributed by atoms with Crippen molar-refractivity contribution in [3.63, 3.8) is 0 Å². The summed E-state index contributed by atoms with van der Waals surface area (Å²) in [6, 6.07) is 1.35. The Morgan fingerprint density at radius 1 is 1.47 bits per heavy atom. The van der Waals surface area contributed by atoms with Crippen LogP contribution >= 0.6 is 0 Å². The van der Waals surface area contributed by atoms with Gasteiger partial charge >= 0.3 is 0 Å². The second-order valence-electron chi connectivity index (χ2n) is 4.63. The topological polar surface area (TPSA) is 79.5 Å². The Bertz CT molecular complexity index is 488. The van der Waals surface area contributed by atoms with Crippen LogP contribution in [0.25, 0.3) is 0 Å². The highest BCUT2D eigenvalue weighted by Crippen LogP contribution is 2.22. The standard InChI is InChI=1S/C11H19NO4S/c1-5-11(3,4)12-17(14,15)10-6-9(7-13)16-8(10)2/h6,12-13H,5,7H2,1-4H3. The lowest BCUT2D eigenvalue weighted by molar-refractivity contribution is 0.244. The molecule has 98 valence electrons. The molecule has 0 unspecified atom stereocenters. The Morgan fingerprint density at radius 2 is 2.06 bits per heavy atom. The third kappa shape index (κ3) is 3.31. The number of rotatable bonds is 5. The van der Waals surface area contributed by atoms with Crippen LogP contribution in [0.1, 0.15) is 38.7 Å². The van der Waals surface area contributed by atoms with E-state index in [2.05, 4.69) is 4.72 Å². The van der Waals surface area contributed by atoms with E-state index in [4.69, 9.17) is 9.52 Å². The van der Waals surface area contributed by atoms with Crippen LogP contribution < -0.4 is 4.72 Å². The SMILES string of the molecule is CCC(C)(C)NS(=O)(=O)c1cc(CO)oc1C. The predicted octanol–water partition coefficient (Wildman–Crippen LogP) is 1.55. The van der Waals surface area contributed by atoms with Gasteiger partial charge in [0.05, 0.1) is 0 Å². The first kappa shape index (κ1) is 14.2. The first-order valence-corrected chi connectivity index (χ1v) is 6.94. The molecule has 0 bridgehead atoms. The van der Waals surface area contributed by atoms with Crippen LogP contribution in [0.4, 0.5) is 0 Å². The largest absolute Gasteiger partial charge is 0.462 e. The summed E-state index contributed by atoms with van der Waals surface area (Å²) < 4.78 is 31.9. The lowest BCUT2D eigenvalue weighted by Gasteiger charge is -2.23. The van der Waals surface area contributed by atoms with E-state index in [-0.39, 0.29) is 23.0 Å². The average molecular weight is 261 g/mol. The lowest BCUT2D eigenvalue weighted by Crippen LogP contribution is -2.42. The average Bonchev–Trinajstić information content (AvgIpc) is 2.59. The maximum absolute atomic E-state index is 12.1. The van der Waals surface area contributed by atoms with E-state index in [1.54, 1.807) is 6.92 Å². The molecule has 0 saturated carbocycles. The summed E-state index contributed by atoms with van der Waals surface area (Å²) in [7, 11) is -3.60. The van der Waals surface area contributed by atoms with E-state index in [9.17, 15) is 8.42 Å². The molecule has 6 heteroatoms. The molecule has 1 heterocycles. The van der Waals surface area contributed by atoms with Gasteiger partial charge in [-0.25, -0.2) is 13.1 Å². The van der Waals surface area contributed by atoms with Crippen LogP contribution in [0.5, 0.6) is 0 Å².